The van der Waals surface area contributed by atoms with Crippen LogP contribution in [0.3, 0.4) is 0 Å². The summed E-state index contributed by atoms with van der Waals surface area (Å²) >= 11 is 0. The summed E-state index contributed by atoms with van der Waals surface area (Å²) in [5, 5.41) is 2.95. The molecule has 3 rings (SSSR count). The Bertz CT molecular complexity index is 725. The lowest BCUT2D eigenvalue weighted by Crippen LogP contribution is -2.41. The van der Waals surface area contributed by atoms with Gasteiger partial charge in [-0.1, -0.05) is 61.0 Å². The number of halogens is 2. The van der Waals surface area contributed by atoms with Crippen molar-refractivity contribution < 1.29 is 4.79 Å². The second-order valence-corrected chi connectivity index (χ2v) is 7.65. The van der Waals surface area contributed by atoms with Crippen LogP contribution in [0.1, 0.15) is 42.9 Å². The number of nitrogens with two attached hydrogens (primary N) is 1. The molecule has 29 heavy (non-hydrogen) atoms. The van der Waals surface area contributed by atoms with E-state index in [2.05, 4.69) is 41.4 Å². The number of carbonyl (C=O) groups excluding carboxylic acids is 1. The first kappa shape index (κ1) is 25.4. The van der Waals surface area contributed by atoms with Crippen molar-refractivity contribution in [3.05, 3.63) is 71.3 Å². The van der Waals surface area contributed by atoms with E-state index in [1.165, 1.54) is 31.4 Å². The van der Waals surface area contributed by atoms with Crippen LogP contribution in [-0.2, 0) is 24.3 Å². The molecule has 1 aliphatic heterocycles. The maximum absolute atomic E-state index is 12.2. The minimum Gasteiger partial charge on any atom is -0.351 e. The number of rotatable bonds is 7. The summed E-state index contributed by atoms with van der Waals surface area (Å²) in [7, 11) is 0. The standard InChI is InChI=1S/C23H31N3O.2ClH/c1-18-7-5-6-14-26(18)17-21-12-10-20(11-13-21)16-25-23(27)22(24)15-19-8-3-2-4-9-19;;/h2-4,8-13,18,22H,5-7,14-17,24H2,1H3,(H,25,27);2*1H. The molecule has 0 aromatic heterocycles. The van der Waals surface area contributed by atoms with E-state index in [9.17, 15) is 4.79 Å². The van der Waals surface area contributed by atoms with Crippen LogP contribution >= 0.6 is 24.8 Å². The monoisotopic (exact) mass is 437 g/mol. The zero-order chi connectivity index (χ0) is 19.1. The summed E-state index contributed by atoms with van der Waals surface area (Å²) in [6.07, 6.45) is 4.51. The molecule has 0 radical (unpaired) electrons. The number of nitrogens with zero attached hydrogens (tertiary/aromatic N) is 1. The molecule has 1 saturated heterocycles. The maximum atomic E-state index is 12.2. The normalized spacial score (nSPS) is 17.5. The number of likely N-dealkylation sites (tertiary alicyclic amines) is 1. The predicted molar refractivity (Wildman–Crippen MR) is 125 cm³/mol. The summed E-state index contributed by atoms with van der Waals surface area (Å²) < 4.78 is 0. The number of benzene rings is 2. The molecule has 2 unspecified atom stereocenters. The molecule has 4 nitrogen and oxygen atoms in total. The summed E-state index contributed by atoms with van der Waals surface area (Å²) in [4.78, 5) is 14.8. The number of hydrogen-bond donors (Lipinski definition) is 2. The van der Waals surface area contributed by atoms with E-state index in [0.29, 0.717) is 19.0 Å². The van der Waals surface area contributed by atoms with Gasteiger partial charge in [-0.3, -0.25) is 9.69 Å². The molecular weight excluding hydrogens is 405 g/mol. The van der Waals surface area contributed by atoms with Crippen LogP contribution in [0.2, 0.25) is 0 Å². The quantitative estimate of drug-likeness (QED) is 0.685. The van der Waals surface area contributed by atoms with Crippen molar-refractivity contribution in [2.45, 2.75) is 57.8 Å². The Kier molecular flexibility index (Phi) is 11.3. The van der Waals surface area contributed by atoms with E-state index < -0.39 is 6.04 Å². The Morgan fingerprint density at radius 3 is 2.34 bits per heavy atom. The maximum Gasteiger partial charge on any atom is 0.237 e. The number of hydrogen-bond acceptors (Lipinski definition) is 3. The van der Waals surface area contributed by atoms with Crippen molar-refractivity contribution >= 4 is 30.7 Å². The third-order valence-electron chi connectivity index (χ3n) is 5.45. The average Bonchev–Trinajstić information content (AvgIpc) is 2.69. The van der Waals surface area contributed by atoms with Crippen LogP contribution in [0.4, 0.5) is 0 Å². The largest absolute Gasteiger partial charge is 0.351 e. The van der Waals surface area contributed by atoms with Gasteiger partial charge in [0.2, 0.25) is 5.91 Å². The lowest BCUT2D eigenvalue weighted by Gasteiger charge is -2.33. The van der Waals surface area contributed by atoms with Crippen molar-refractivity contribution in [3.8, 4) is 0 Å². The molecule has 0 spiro atoms. The fourth-order valence-corrected chi connectivity index (χ4v) is 3.67. The van der Waals surface area contributed by atoms with Gasteiger partial charge in [-0.05, 0) is 49.4 Å². The molecule has 1 amide bonds. The highest BCUT2D eigenvalue weighted by atomic mass is 35.5. The summed E-state index contributed by atoms with van der Waals surface area (Å²) in [5.74, 6) is -0.106. The van der Waals surface area contributed by atoms with Gasteiger partial charge in [-0.25, -0.2) is 0 Å². The van der Waals surface area contributed by atoms with E-state index in [-0.39, 0.29) is 30.7 Å². The topological polar surface area (TPSA) is 58.4 Å². The fourth-order valence-electron chi connectivity index (χ4n) is 3.67. The van der Waals surface area contributed by atoms with Crippen LogP contribution in [-0.4, -0.2) is 29.4 Å². The highest BCUT2D eigenvalue weighted by molar-refractivity contribution is 5.85. The molecule has 160 valence electrons. The number of nitrogens with one attached hydrogen (secondary N) is 1. The van der Waals surface area contributed by atoms with Gasteiger partial charge < -0.3 is 11.1 Å². The third kappa shape index (κ3) is 7.98. The minimum atomic E-state index is -0.521. The Morgan fingerprint density at radius 2 is 1.69 bits per heavy atom. The van der Waals surface area contributed by atoms with Crippen molar-refractivity contribution in [3.63, 3.8) is 0 Å². The zero-order valence-corrected chi connectivity index (χ0v) is 18.7. The van der Waals surface area contributed by atoms with Gasteiger partial charge in [-0.2, -0.15) is 0 Å². The molecule has 1 aliphatic rings. The fraction of sp³-hybridized carbons (Fsp3) is 0.435. The highest BCUT2D eigenvalue weighted by Crippen LogP contribution is 2.19. The molecule has 1 fully saturated rings. The lowest BCUT2D eigenvalue weighted by atomic mass is 10.0. The van der Waals surface area contributed by atoms with Crippen molar-refractivity contribution in [1.29, 1.82) is 0 Å². The molecule has 0 bridgehead atoms. The Labute approximate surface area is 187 Å². The Balaban J connectivity index is 0.00000210. The van der Waals surface area contributed by atoms with Crippen molar-refractivity contribution in [1.82, 2.24) is 10.2 Å². The molecule has 1 heterocycles. The molecule has 3 N–H and O–H groups in total. The van der Waals surface area contributed by atoms with Gasteiger partial charge in [0, 0.05) is 19.1 Å². The van der Waals surface area contributed by atoms with Crippen molar-refractivity contribution in [2.75, 3.05) is 6.54 Å². The van der Waals surface area contributed by atoms with Crippen LogP contribution in [0.25, 0.3) is 0 Å². The first-order valence-corrected chi connectivity index (χ1v) is 10.0. The van der Waals surface area contributed by atoms with Crippen LogP contribution < -0.4 is 11.1 Å². The van der Waals surface area contributed by atoms with Gasteiger partial charge in [0.15, 0.2) is 0 Å². The molecule has 6 heteroatoms. The molecule has 2 aromatic rings. The number of amides is 1. The van der Waals surface area contributed by atoms with Crippen LogP contribution in [0.5, 0.6) is 0 Å². The second kappa shape index (κ2) is 12.9. The van der Waals surface area contributed by atoms with Gasteiger partial charge in [0.1, 0.15) is 0 Å². The SMILES string of the molecule is CC1CCCCN1Cc1ccc(CNC(=O)C(N)Cc2ccccc2)cc1.Cl.Cl. The summed E-state index contributed by atoms with van der Waals surface area (Å²) in [5.41, 5.74) is 9.55. The summed E-state index contributed by atoms with van der Waals surface area (Å²) in [6, 6.07) is 18.6. The second-order valence-electron chi connectivity index (χ2n) is 7.65. The predicted octanol–water partition coefficient (Wildman–Crippen LogP) is 4.09. The van der Waals surface area contributed by atoms with E-state index in [4.69, 9.17) is 5.73 Å². The highest BCUT2D eigenvalue weighted by Gasteiger charge is 2.18. The van der Waals surface area contributed by atoms with Gasteiger partial charge in [-0.15, -0.1) is 24.8 Å². The van der Waals surface area contributed by atoms with E-state index in [1.807, 2.05) is 30.3 Å². The first-order chi connectivity index (χ1) is 13.1. The lowest BCUT2D eigenvalue weighted by molar-refractivity contribution is -0.122. The van der Waals surface area contributed by atoms with Crippen LogP contribution in [0.15, 0.2) is 54.6 Å². The van der Waals surface area contributed by atoms with E-state index in [1.54, 1.807) is 0 Å². The third-order valence-corrected chi connectivity index (χ3v) is 5.45. The zero-order valence-electron chi connectivity index (χ0n) is 17.0. The molecule has 0 aliphatic carbocycles. The summed E-state index contributed by atoms with van der Waals surface area (Å²) in [6.45, 7) is 5.04. The molecule has 2 aromatic carbocycles. The number of piperidine rings is 1. The first-order valence-electron chi connectivity index (χ1n) is 10.0. The molecule has 2 atom stereocenters. The number of carbonyl (C=O) groups is 1. The van der Waals surface area contributed by atoms with Crippen LogP contribution in [0, 0.1) is 0 Å². The Hall–Kier alpha value is -1.59. The van der Waals surface area contributed by atoms with Gasteiger partial charge in [0.05, 0.1) is 6.04 Å². The minimum absolute atomic E-state index is 0. The van der Waals surface area contributed by atoms with Gasteiger partial charge in [0.25, 0.3) is 0 Å². The van der Waals surface area contributed by atoms with Gasteiger partial charge >= 0.3 is 0 Å². The average molecular weight is 438 g/mol. The van der Waals surface area contributed by atoms with E-state index in [0.717, 1.165) is 17.7 Å². The molecule has 0 saturated carbocycles. The Morgan fingerprint density at radius 1 is 1.03 bits per heavy atom. The smallest absolute Gasteiger partial charge is 0.237 e. The molecular formula is C23H33Cl2N3O. The van der Waals surface area contributed by atoms with Crippen molar-refractivity contribution in [2.24, 2.45) is 5.73 Å². The van der Waals surface area contributed by atoms with E-state index >= 15 is 0 Å².